The molecule has 10 rings (SSSR count). The second-order valence-corrected chi connectivity index (χ2v) is 18.6. The quantitative estimate of drug-likeness (QED) is 0.262. The molecule has 8 heterocycles. The highest BCUT2D eigenvalue weighted by Gasteiger charge is 2.53. The molecule has 5 N–H and O–H groups in total. The maximum absolute atomic E-state index is 14.7. The van der Waals surface area contributed by atoms with Gasteiger partial charge in [0.1, 0.15) is 27.9 Å². The number of benzene rings is 2. The van der Waals surface area contributed by atoms with Crippen molar-refractivity contribution in [1.82, 2.24) is 4.90 Å². The number of amides is 1. The highest BCUT2D eigenvalue weighted by molar-refractivity contribution is 6.21. The first kappa shape index (κ1) is 43.7. The van der Waals surface area contributed by atoms with E-state index in [-0.39, 0.29) is 67.6 Å². The standard InChI is InChI=1S/C46H62N4O10/c1-22(2)21-50-18-16-46(17-19-50)48-33-30-31-38(53)27(7)41-32(30)42(55)45(10,60-41)58-20-14-29(57-11)24(4)36(51)25(5)37(52)26(6)40-28(8)44(9,59-40)15-12-13-23(3)43(56)47-35(39(31)54)34(33)49-46/h12-15,20,22,24-26,28-29,36-37,40,48,51-54H,16-19,21H2,1-11H3/b15-12+,20-14+,23-13-,47-35?/t24-,25+,26+,28-,29+,36-,37+,40-,44+,45+/m1/s1. The van der Waals surface area contributed by atoms with E-state index in [0.29, 0.717) is 24.4 Å². The number of aliphatic hydroxyl groups excluding tert-OH is 2. The fraction of sp³-hybridized carbons (Fsp3) is 0.609. The summed E-state index contributed by atoms with van der Waals surface area (Å²) in [7, 11) is 1.50. The number of methoxy groups -OCH3 is 1. The van der Waals surface area contributed by atoms with Gasteiger partial charge < -0.3 is 49.6 Å². The van der Waals surface area contributed by atoms with E-state index in [4.69, 9.17) is 23.9 Å². The highest BCUT2D eigenvalue weighted by atomic mass is 16.7. The Balaban J connectivity index is 1.40. The van der Waals surface area contributed by atoms with Gasteiger partial charge >= 0.3 is 5.79 Å². The van der Waals surface area contributed by atoms with E-state index in [9.17, 15) is 30.0 Å². The van der Waals surface area contributed by atoms with E-state index in [1.807, 2.05) is 33.8 Å². The number of aromatic hydroxyl groups is 2. The number of carbonyl (C=O) groups is 2. The van der Waals surface area contributed by atoms with Crippen LogP contribution in [0.2, 0.25) is 0 Å². The number of piperidine rings is 1. The van der Waals surface area contributed by atoms with E-state index in [0.717, 1.165) is 19.6 Å². The van der Waals surface area contributed by atoms with E-state index >= 15 is 0 Å². The average molecular weight is 831 g/mol. The number of likely N-dealkylation sites (tertiary alicyclic amines) is 1. The van der Waals surface area contributed by atoms with Crippen molar-refractivity contribution in [2.75, 3.05) is 32.1 Å². The summed E-state index contributed by atoms with van der Waals surface area (Å²) in [6.45, 7) is 20.9. The minimum atomic E-state index is -1.91. The molecule has 8 aliphatic rings. The van der Waals surface area contributed by atoms with Crippen LogP contribution in [0, 0.1) is 36.5 Å². The summed E-state index contributed by atoms with van der Waals surface area (Å²) < 4.78 is 24.5. The molecule has 1 amide bonds. The molecule has 0 saturated carbocycles. The lowest BCUT2D eigenvalue weighted by Gasteiger charge is -2.54. The molecule has 326 valence electrons. The molecule has 2 aromatic rings. The number of Topliss-reactive ketones (excluding diaryl/α,β-unsaturated/α-hetero) is 1. The zero-order valence-corrected chi connectivity index (χ0v) is 36.7. The second-order valence-electron chi connectivity index (χ2n) is 18.6. The maximum Gasteiger partial charge on any atom is 0.312 e. The van der Waals surface area contributed by atoms with Crippen LogP contribution in [0.1, 0.15) is 91.1 Å². The molecule has 2 aromatic carbocycles. The number of hydrogen-bond acceptors (Lipinski definition) is 13. The van der Waals surface area contributed by atoms with Crippen molar-refractivity contribution in [3.63, 3.8) is 0 Å². The number of phenols is 2. The Bertz CT molecular complexity index is 2300. The number of carbonyl (C=O) groups excluding carboxylic acids is 2. The normalized spacial score (nSPS) is 36.3. The monoisotopic (exact) mass is 830 g/mol. The Morgan fingerprint density at radius 3 is 2.27 bits per heavy atom. The number of nitrogens with one attached hydrogen (secondary N) is 1. The lowest BCUT2D eigenvalue weighted by molar-refractivity contribution is -0.251. The van der Waals surface area contributed by atoms with Gasteiger partial charge in [0.05, 0.1) is 52.9 Å². The third-order valence-corrected chi connectivity index (χ3v) is 13.9. The van der Waals surface area contributed by atoms with Crippen LogP contribution < -0.4 is 20.8 Å². The van der Waals surface area contributed by atoms with Crippen molar-refractivity contribution >= 4 is 28.2 Å². The van der Waals surface area contributed by atoms with E-state index < -0.39 is 64.6 Å². The first-order valence-electron chi connectivity index (χ1n) is 21.3. The van der Waals surface area contributed by atoms with Crippen LogP contribution in [-0.2, 0) is 19.0 Å². The number of rotatable bonds is 3. The molecule has 7 bridgehead atoms. The number of ketones is 1. The maximum atomic E-state index is 14.7. The van der Waals surface area contributed by atoms with Gasteiger partial charge in [0.2, 0.25) is 0 Å². The summed E-state index contributed by atoms with van der Waals surface area (Å²) in [6, 6.07) is 0. The van der Waals surface area contributed by atoms with Crippen molar-refractivity contribution in [3.05, 3.63) is 58.0 Å². The van der Waals surface area contributed by atoms with Gasteiger partial charge in [-0.3, -0.25) is 14.6 Å². The number of phenolic OH excluding ortho intramolecular Hbond substituents is 2. The summed E-state index contributed by atoms with van der Waals surface area (Å²) in [5, 5.41) is 50.8. The zero-order chi connectivity index (χ0) is 43.8. The van der Waals surface area contributed by atoms with Gasteiger partial charge in [0.25, 0.3) is 11.7 Å². The summed E-state index contributed by atoms with van der Waals surface area (Å²) in [5.74, 6) is -4.78. The zero-order valence-electron chi connectivity index (χ0n) is 36.7. The van der Waals surface area contributed by atoms with Crippen LogP contribution in [-0.4, -0.2) is 105 Å². The Kier molecular flexibility index (Phi) is 11.6. The molecule has 2 fully saturated rings. The minimum Gasteiger partial charge on any atom is -0.507 e. The van der Waals surface area contributed by atoms with Gasteiger partial charge in [-0.05, 0) is 32.8 Å². The smallest absolute Gasteiger partial charge is 0.312 e. The van der Waals surface area contributed by atoms with Crippen LogP contribution in [0.25, 0.3) is 10.8 Å². The third kappa shape index (κ3) is 7.21. The molecule has 60 heavy (non-hydrogen) atoms. The summed E-state index contributed by atoms with van der Waals surface area (Å²) in [5.41, 5.74) is -0.622. The van der Waals surface area contributed by atoms with Crippen molar-refractivity contribution in [3.8, 4) is 17.2 Å². The van der Waals surface area contributed by atoms with Crippen LogP contribution in [0.5, 0.6) is 17.2 Å². The molecule has 14 heteroatoms. The second kappa shape index (κ2) is 15.8. The van der Waals surface area contributed by atoms with Crippen LogP contribution >= 0.6 is 0 Å². The molecule has 1 spiro atoms. The fourth-order valence-electron chi connectivity index (χ4n) is 9.77. The van der Waals surface area contributed by atoms with Gasteiger partial charge in [0, 0.05) is 86.7 Å². The van der Waals surface area contributed by atoms with Crippen LogP contribution in [0.3, 0.4) is 0 Å². The first-order chi connectivity index (χ1) is 28.2. The third-order valence-electron chi connectivity index (χ3n) is 13.9. The van der Waals surface area contributed by atoms with Crippen molar-refractivity contribution in [2.24, 2.45) is 39.6 Å². The van der Waals surface area contributed by atoms with Gasteiger partial charge in [-0.2, -0.15) is 0 Å². The Morgan fingerprint density at radius 2 is 1.63 bits per heavy atom. The number of nitrogens with zero attached hydrogens (tertiary/aromatic N) is 3. The predicted octanol–water partition coefficient (Wildman–Crippen LogP) is 4.98. The summed E-state index contributed by atoms with van der Waals surface area (Å²) in [4.78, 5) is 40.6. The molecule has 14 nitrogen and oxygen atoms in total. The highest BCUT2D eigenvalue weighted by Crippen LogP contribution is 2.51. The van der Waals surface area contributed by atoms with Crippen LogP contribution in [0.15, 0.2) is 46.1 Å². The lowest BCUT2D eigenvalue weighted by atomic mass is 9.70. The van der Waals surface area contributed by atoms with Gasteiger partial charge in [-0.1, -0.05) is 59.8 Å². The SMILES string of the molecule is CO[C@H]1/C=C/O[C@@]2(C)Oc3c(C)c(O)c4c(O)c(c5c(c4c3C2=O)NC2(CCN(CC(C)C)CC2)N=5)=NC(=O)/C(C)=C\C=C\[C@]2(C)O[C@H]([C@@H](C)[C@@H](O)[C@@H](C)[C@H](O)[C@@H]1C)[C@H]2C. The molecule has 8 aliphatic heterocycles. The molecule has 0 unspecified atom stereocenters. The Morgan fingerprint density at radius 1 is 0.967 bits per heavy atom. The summed E-state index contributed by atoms with van der Waals surface area (Å²) in [6.07, 6.45) is 6.46. The molecule has 0 aromatic heterocycles. The van der Waals surface area contributed by atoms with Crippen molar-refractivity contribution < 1.29 is 49.0 Å². The first-order valence-corrected chi connectivity index (χ1v) is 21.3. The van der Waals surface area contributed by atoms with Gasteiger partial charge in [-0.25, -0.2) is 4.99 Å². The lowest BCUT2D eigenvalue weighted by Crippen LogP contribution is -2.60. The molecule has 10 atom stereocenters. The molecular weight excluding hydrogens is 769 g/mol. The van der Waals surface area contributed by atoms with Crippen molar-refractivity contribution in [1.29, 1.82) is 0 Å². The molecule has 0 aliphatic carbocycles. The van der Waals surface area contributed by atoms with Crippen molar-refractivity contribution in [2.45, 2.75) is 124 Å². The fourth-order valence-corrected chi connectivity index (χ4v) is 9.77. The van der Waals surface area contributed by atoms with E-state index in [2.05, 4.69) is 29.1 Å². The number of aliphatic hydroxyl groups is 2. The predicted molar refractivity (Wildman–Crippen MR) is 225 cm³/mol. The topological polar surface area (TPSA) is 192 Å². The number of anilines is 1. The molecule has 0 radical (unpaired) electrons. The largest absolute Gasteiger partial charge is 0.507 e. The van der Waals surface area contributed by atoms with Crippen LogP contribution in [0.4, 0.5) is 5.69 Å². The Hall–Kier alpha value is -4.34. The Labute approximate surface area is 351 Å². The molecule has 2 saturated heterocycles. The molecular formula is C46H62N4O10. The van der Waals surface area contributed by atoms with Gasteiger partial charge in [0.15, 0.2) is 5.75 Å². The van der Waals surface area contributed by atoms with E-state index in [1.54, 1.807) is 39.0 Å². The number of hydrogen-bond donors (Lipinski definition) is 5. The van der Waals surface area contributed by atoms with E-state index in [1.165, 1.54) is 20.3 Å². The number of ether oxygens (including phenoxy) is 4. The minimum absolute atomic E-state index is 0.00862. The number of allylic oxidation sites excluding steroid dienone is 2. The summed E-state index contributed by atoms with van der Waals surface area (Å²) >= 11 is 0. The average Bonchev–Trinajstić information content (AvgIpc) is 3.71. The van der Waals surface area contributed by atoms with Gasteiger partial charge in [-0.15, -0.1) is 0 Å².